The number of unbranched alkanes of at least 4 members (excludes halogenated alkanes) is 1. The Morgan fingerprint density at radius 2 is 1.36 bits per heavy atom. The first-order chi connectivity index (χ1) is 21.4. The second-order valence-electron chi connectivity index (χ2n) is 10.7. The maximum atomic E-state index is 13.1. The summed E-state index contributed by atoms with van der Waals surface area (Å²) in [5.74, 6) is -4.03. The van der Waals surface area contributed by atoms with Crippen molar-refractivity contribution in [3.05, 3.63) is 65.7 Å². The molecular formula is C31H43N7O7. The maximum Gasteiger partial charge on any atom is 0.243 e. The molecule has 0 fully saturated rings. The molecule has 14 heteroatoms. The van der Waals surface area contributed by atoms with Crippen LogP contribution in [0, 0.1) is 0 Å². The molecule has 2 aromatic carbocycles. The molecule has 0 aliphatic carbocycles. The predicted molar refractivity (Wildman–Crippen MR) is 166 cm³/mol. The van der Waals surface area contributed by atoms with Gasteiger partial charge in [-0.1, -0.05) is 62.2 Å². The average Bonchev–Trinajstić information content (AvgIpc) is 3.00. The van der Waals surface area contributed by atoms with Gasteiger partial charge in [0.25, 0.3) is 0 Å². The summed E-state index contributed by atoms with van der Waals surface area (Å²) in [4.78, 5) is 74.9. The Morgan fingerprint density at radius 3 is 1.96 bits per heavy atom. The first-order valence-corrected chi connectivity index (χ1v) is 14.7. The van der Waals surface area contributed by atoms with Gasteiger partial charge in [-0.15, -0.1) is 0 Å². The number of phenols is 1. The number of hydrogen-bond donors (Lipinski definition) is 8. The second kappa shape index (κ2) is 18.6. The molecule has 0 saturated heterocycles. The monoisotopic (exact) mass is 625 g/mol. The van der Waals surface area contributed by atoms with E-state index in [1.807, 2.05) is 6.92 Å². The van der Waals surface area contributed by atoms with Gasteiger partial charge in [-0.2, -0.15) is 0 Å². The first kappa shape index (κ1) is 36.2. The molecule has 0 bridgehead atoms. The van der Waals surface area contributed by atoms with E-state index in [0.29, 0.717) is 18.4 Å². The third kappa shape index (κ3) is 13.5. The Morgan fingerprint density at radius 1 is 0.733 bits per heavy atom. The minimum atomic E-state index is -1.19. The zero-order valence-corrected chi connectivity index (χ0v) is 25.3. The Kier molecular flexibility index (Phi) is 15.0. The number of hydrogen-bond acceptors (Lipinski definition) is 8. The number of carbonyl (C=O) groups is 6. The molecule has 6 amide bonds. The molecule has 2 rings (SSSR count). The summed E-state index contributed by atoms with van der Waals surface area (Å²) in [6.07, 6.45) is 1.62. The van der Waals surface area contributed by atoms with Crippen molar-refractivity contribution >= 4 is 35.4 Å². The molecular weight excluding hydrogens is 582 g/mol. The van der Waals surface area contributed by atoms with Crippen LogP contribution in [0.1, 0.15) is 50.2 Å². The molecule has 14 nitrogen and oxygen atoms in total. The molecule has 0 radical (unpaired) electrons. The fourth-order valence-corrected chi connectivity index (χ4v) is 4.37. The van der Waals surface area contributed by atoms with Crippen LogP contribution in [0.2, 0.25) is 0 Å². The number of aromatic hydroxyl groups is 1. The van der Waals surface area contributed by atoms with Crippen LogP contribution in [0.15, 0.2) is 54.6 Å². The minimum absolute atomic E-state index is 0.0573. The lowest BCUT2D eigenvalue weighted by Gasteiger charge is -2.23. The van der Waals surface area contributed by atoms with E-state index >= 15 is 0 Å². The van der Waals surface area contributed by atoms with E-state index in [-0.39, 0.29) is 31.4 Å². The van der Waals surface area contributed by atoms with Gasteiger partial charge in [0.05, 0.1) is 12.6 Å². The number of benzene rings is 2. The summed E-state index contributed by atoms with van der Waals surface area (Å²) >= 11 is 0. The topological polar surface area (TPSA) is 249 Å². The number of phenolic OH excluding ortho intramolecular Hbond substituents is 1. The first-order valence-electron chi connectivity index (χ1n) is 14.7. The van der Waals surface area contributed by atoms with Crippen molar-refractivity contribution in [2.75, 3.05) is 6.54 Å². The average molecular weight is 626 g/mol. The van der Waals surface area contributed by atoms with Crippen molar-refractivity contribution in [3.8, 4) is 5.75 Å². The van der Waals surface area contributed by atoms with Gasteiger partial charge in [0, 0.05) is 12.8 Å². The van der Waals surface area contributed by atoms with Gasteiger partial charge in [0.15, 0.2) is 0 Å². The van der Waals surface area contributed by atoms with Crippen LogP contribution in [0.3, 0.4) is 0 Å². The number of nitrogens with two attached hydrogens (primary N) is 3. The molecule has 0 heterocycles. The van der Waals surface area contributed by atoms with Crippen LogP contribution in [-0.4, -0.2) is 71.3 Å². The largest absolute Gasteiger partial charge is 0.508 e. The molecule has 4 atom stereocenters. The van der Waals surface area contributed by atoms with Gasteiger partial charge in [0.1, 0.15) is 23.9 Å². The van der Waals surface area contributed by atoms with Gasteiger partial charge in [-0.25, -0.2) is 0 Å². The maximum absolute atomic E-state index is 13.1. The standard InChI is InChI=1S/C31H43N7O7/c1-2-3-9-24(38-29(43)22(32)16-20-10-12-21(39)13-11-20)30(44)35-18-27(41)36-25(17-19-7-5-4-6-8-19)31(45)37-23(28(34)42)14-15-26(33)40/h4-8,10-13,22-25,39H,2-3,9,14-18,32H2,1H3,(H2,33,40)(H2,34,42)(H,35,44)(H,36,41)(H,37,45)(H,38,43)/t22-,23-,24+,25-/m0/s1. The van der Waals surface area contributed by atoms with Crippen molar-refractivity contribution in [1.29, 1.82) is 0 Å². The minimum Gasteiger partial charge on any atom is -0.508 e. The van der Waals surface area contributed by atoms with Gasteiger partial charge >= 0.3 is 0 Å². The molecule has 11 N–H and O–H groups in total. The summed E-state index contributed by atoms with van der Waals surface area (Å²) in [7, 11) is 0. The van der Waals surface area contributed by atoms with Gasteiger partial charge in [-0.05, 0) is 42.5 Å². The smallest absolute Gasteiger partial charge is 0.243 e. The Balaban J connectivity index is 2.04. The van der Waals surface area contributed by atoms with Crippen LogP contribution in [0.4, 0.5) is 0 Å². The molecule has 0 aromatic heterocycles. The summed E-state index contributed by atoms with van der Waals surface area (Å²) in [5.41, 5.74) is 18.0. The molecule has 0 unspecified atom stereocenters. The van der Waals surface area contributed by atoms with E-state index in [0.717, 1.165) is 12.0 Å². The van der Waals surface area contributed by atoms with E-state index in [4.69, 9.17) is 17.2 Å². The molecule has 2 aromatic rings. The Labute approximate surface area is 261 Å². The summed E-state index contributed by atoms with van der Waals surface area (Å²) in [5, 5.41) is 19.6. The SMILES string of the molecule is CCCC[C@@H](NC(=O)[C@@H](N)Cc1ccc(O)cc1)C(=O)NCC(=O)N[C@@H](Cc1ccccc1)C(=O)N[C@@H](CCC(N)=O)C(N)=O. The third-order valence-electron chi connectivity index (χ3n) is 6.90. The highest BCUT2D eigenvalue weighted by Crippen LogP contribution is 2.11. The summed E-state index contributed by atoms with van der Waals surface area (Å²) < 4.78 is 0. The lowest BCUT2D eigenvalue weighted by molar-refractivity contribution is -0.132. The predicted octanol–water partition coefficient (Wildman–Crippen LogP) is -0.984. The normalized spacial score (nSPS) is 13.4. The van der Waals surface area contributed by atoms with E-state index in [9.17, 15) is 33.9 Å². The van der Waals surface area contributed by atoms with Crippen molar-refractivity contribution < 1.29 is 33.9 Å². The number of rotatable bonds is 19. The van der Waals surface area contributed by atoms with Crippen LogP contribution < -0.4 is 38.5 Å². The highest BCUT2D eigenvalue weighted by atomic mass is 16.3. The summed E-state index contributed by atoms with van der Waals surface area (Å²) in [6.45, 7) is 1.42. The third-order valence-corrected chi connectivity index (χ3v) is 6.90. The van der Waals surface area contributed by atoms with Crippen LogP contribution in [-0.2, 0) is 41.6 Å². The fourth-order valence-electron chi connectivity index (χ4n) is 4.37. The van der Waals surface area contributed by atoms with Gasteiger partial charge in [-0.3, -0.25) is 28.8 Å². The lowest BCUT2D eigenvalue weighted by Crippen LogP contribution is -2.56. The van der Waals surface area contributed by atoms with Gasteiger partial charge < -0.3 is 43.6 Å². The van der Waals surface area contributed by atoms with Crippen LogP contribution >= 0.6 is 0 Å². The number of carbonyl (C=O) groups excluding carboxylic acids is 6. The van der Waals surface area contributed by atoms with E-state index in [2.05, 4.69) is 21.3 Å². The van der Waals surface area contributed by atoms with Crippen molar-refractivity contribution in [2.24, 2.45) is 17.2 Å². The highest BCUT2D eigenvalue weighted by Gasteiger charge is 2.28. The second-order valence-corrected chi connectivity index (χ2v) is 10.7. The van der Waals surface area contributed by atoms with E-state index in [1.54, 1.807) is 42.5 Å². The number of amides is 6. The van der Waals surface area contributed by atoms with Crippen molar-refractivity contribution in [3.63, 3.8) is 0 Å². The van der Waals surface area contributed by atoms with E-state index in [1.165, 1.54) is 12.1 Å². The van der Waals surface area contributed by atoms with Gasteiger partial charge in [0.2, 0.25) is 35.4 Å². The summed E-state index contributed by atoms with van der Waals surface area (Å²) in [6, 6.07) is 10.8. The van der Waals surface area contributed by atoms with E-state index < -0.39 is 66.2 Å². The van der Waals surface area contributed by atoms with Crippen molar-refractivity contribution in [1.82, 2.24) is 21.3 Å². The van der Waals surface area contributed by atoms with Crippen LogP contribution in [0.25, 0.3) is 0 Å². The number of primary amides is 2. The molecule has 244 valence electrons. The van der Waals surface area contributed by atoms with Crippen LogP contribution in [0.5, 0.6) is 5.75 Å². The fraction of sp³-hybridized carbons (Fsp3) is 0.419. The lowest BCUT2D eigenvalue weighted by atomic mass is 10.0. The highest BCUT2D eigenvalue weighted by molar-refractivity contribution is 5.94. The Bertz CT molecular complexity index is 1310. The molecule has 0 aliphatic rings. The zero-order chi connectivity index (χ0) is 33.4. The zero-order valence-electron chi connectivity index (χ0n) is 25.3. The molecule has 0 spiro atoms. The Hall–Kier alpha value is -4.98. The quantitative estimate of drug-likeness (QED) is 0.0961. The van der Waals surface area contributed by atoms with Crippen molar-refractivity contribution in [2.45, 2.75) is 76.0 Å². The molecule has 45 heavy (non-hydrogen) atoms. The molecule has 0 aliphatic heterocycles. The number of nitrogens with one attached hydrogen (secondary N) is 4. The molecule has 0 saturated carbocycles.